The Bertz CT molecular complexity index is 681. The van der Waals surface area contributed by atoms with E-state index in [0.717, 1.165) is 4.47 Å². The first-order valence-electron chi connectivity index (χ1n) is 5.43. The maximum atomic E-state index is 13.6. The molecule has 0 aromatic heterocycles. The molecule has 0 amide bonds. The SMILES string of the molecule is N#Cc1ccc(F)c(CS(=O)c2ccccc2Br)c1. The van der Waals surface area contributed by atoms with Crippen molar-refractivity contribution >= 4 is 26.7 Å². The van der Waals surface area contributed by atoms with Crippen molar-refractivity contribution in [2.75, 3.05) is 0 Å². The number of halogens is 2. The van der Waals surface area contributed by atoms with E-state index in [1.807, 2.05) is 12.1 Å². The summed E-state index contributed by atoms with van der Waals surface area (Å²) in [6.07, 6.45) is 0. The Labute approximate surface area is 121 Å². The van der Waals surface area contributed by atoms with Crippen LogP contribution in [0.15, 0.2) is 51.8 Å². The maximum Gasteiger partial charge on any atom is 0.127 e. The maximum absolute atomic E-state index is 13.6. The highest BCUT2D eigenvalue weighted by Gasteiger charge is 2.12. The summed E-state index contributed by atoms with van der Waals surface area (Å²) in [5.74, 6) is -0.399. The van der Waals surface area contributed by atoms with E-state index in [0.29, 0.717) is 10.5 Å². The standard InChI is InChI=1S/C14H9BrFNOS/c15-12-3-1-2-4-14(12)19(18)9-11-7-10(8-17)5-6-13(11)16/h1-7H,9H2. The molecule has 1 unspecified atom stereocenters. The molecule has 0 bridgehead atoms. The summed E-state index contributed by atoms with van der Waals surface area (Å²) < 4.78 is 26.6. The van der Waals surface area contributed by atoms with Crippen LogP contribution in [0.1, 0.15) is 11.1 Å². The number of nitriles is 1. The molecule has 2 nitrogen and oxygen atoms in total. The number of hydrogen-bond acceptors (Lipinski definition) is 2. The van der Waals surface area contributed by atoms with Crippen LogP contribution in [0.3, 0.4) is 0 Å². The van der Waals surface area contributed by atoms with Gasteiger partial charge in [0.1, 0.15) is 5.82 Å². The Morgan fingerprint density at radius 2 is 2.00 bits per heavy atom. The summed E-state index contributed by atoms with van der Waals surface area (Å²) in [5, 5.41) is 8.79. The van der Waals surface area contributed by atoms with Gasteiger partial charge in [0.2, 0.25) is 0 Å². The van der Waals surface area contributed by atoms with Crippen LogP contribution in [0, 0.1) is 17.1 Å². The van der Waals surface area contributed by atoms with Gasteiger partial charge in [0.15, 0.2) is 0 Å². The Kier molecular flexibility index (Phi) is 4.46. The third kappa shape index (κ3) is 3.28. The van der Waals surface area contributed by atoms with Crippen molar-refractivity contribution < 1.29 is 8.60 Å². The predicted octanol–water partition coefficient (Wildman–Crippen LogP) is 3.77. The summed E-state index contributed by atoms with van der Waals surface area (Å²) >= 11 is 3.32. The van der Waals surface area contributed by atoms with Gasteiger partial charge in [0.25, 0.3) is 0 Å². The van der Waals surface area contributed by atoms with Crippen LogP contribution < -0.4 is 0 Å². The van der Waals surface area contributed by atoms with Crippen LogP contribution in [0.25, 0.3) is 0 Å². The molecule has 0 aliphatic heterocycles. The minimum Gasteiger partial charge on any atom is -0.254 e. The highest BCUT2D eigenvalue weighted by Crippen LogP contribution is 2.23. The minimum atomic E-state index is -1.36. The van der Waals surface area contributed by atoms with Crippen LogP contribution in [0.4, 0.5) is 4.39 Å². The van der Waals surface area contributed by atoms with E-state index >= 15 is 0 Å². The molecule has 5 heteroatoms. The first-order chi connectivity index (χ1) is 9.11. The lowest BCUT2D eigenvalue weighted by molar-refractivity contribution is 0.615. The Morgan fingerprint density at radius 1 is 1.26 bits per heavy atom. The molecule has 0 saturated carbocycles. The largest absolute Gasteiger partial charge is 0.254 e. The van der Waals surface area contributed by atoms with E-state index in [1.54, 1.807) is 18.2 Å². The molecule has 0 radical (unpaired) electrons. The third-order valence-corrected chi connectivity index (χ3v) is 4.92. The minimum absolute atomic E-state index is 0.0456. The molecule has 0 spiro atoms. The molecule has 2 rings (SSSR count). The molecule has 0 saturated heterocycles. The number of rotatable bonds is 3. The van der Waals surface area contributed by atoms with Crippen molar-refractivity contribution in [3.05, 3.63) is 63.9 Å². The highest BCUT2D eigenvalue weighted by atomic mass is 79.9. The zero-order valence-electron chi connectivity index (χ0n) is 9.77. The molecule has 19 heavy (non-hydrogen) atoms. The average molecular weight is 338 g/mol. The summed E-state index contributed by atoms with van der Waals surface area (Å²) in [6, 6.07) is 13.1. The van der Waals surface area contributed by atoms with Crippen molar-refractivity contribution in [1.29, 1.82) is 5.26 Å². The Hall–Kier alpha value is -1.51. The predicted molar refractivity (Wildman–Crippen MR) is 75.4 cm³/mol. The van der Waals surface area contributed by atoms with Gasteiger partial charge in [-0.05, 0) is 46.3 Å². The molecule has 0 N–H and O–H groups in total. The van der Waals surface area contributed by atoms with Crippen molar-refractivity contribution in [2.24, 2.45) is 0 Å². The van der Waals surface area contributed by atoms with Gasteiger partial charge in [-0.25, -0.2) is 4.39 Å². The molecule has 96 valence electrons. The van der Waals surface area contributed by atoms with Gasteiger partial charge >= 0.3 is 0 Å². The fraction of sp³-hybridized carbons (Fsp3) is 0.0714. The molecule has 0 aliphatic rings. The third-order valence-electron chi connectivity index (χ3n) is 2.54. The Morgan fingerprint density at radius 3 is 2.68 bits per heavy atom. The monoisotopic (exact) mass is 337 g/mol. The van der Waals surface area contributed by atoms with Crippen molar-refractivity contribution in [3.63, 3.8) is 0 Å². The molecule has 2 aromatic carbocycles. The average Bonchev–Trinajstić information content (AvgIpc) is 2.41. The Balaban J connectivity index is 2.30. The normalized spacial score (nSPS) is 11.8. The van der Waals surface area contributed by atoms with Crippen molar-refractivity contribution in [2.45, 2.75) is 10.6 Å². The smallest absolute Gasteiger partial charge is 0.127 e. The second kappa shape index (κ2) is 6.09. The molecule has 1 atom stereocenters. The van der Waals surface area contributed by atoms with Gasteiger partial charge in [0.05, 0.1) is 33.1 Å². The number of nitrogens with zero attached hydrogens (tertiary/aromatic N) is 1. The molecule has 2 aromatic rings. The van der Waals surface area contributed by atoms with Crippen molar-refractivity contribution in [3.8, 4) is 6.07 Å². The summed E-state index contributed by atoms with van der Waals surface area (Å²) in [4.78, 5) is 0.615. The summed E-state index contributed by atoms with van der Waals surface area (Å²) in [5.41, 5.74) is 0.647. The fourth-order valence-electron chi connectivity index (χ4n) is 1.60. The van der Waals surface area contributed by atoms with Crippen LogP contribution >= 0.6 is 15.9 Å². The lowest BCUT2D eigenvalue weighted by Gasteiger charge is -2.06. The molecular formula is C14H9BrFNOS. The zero-order valence-corrected chi connectivity index (χ0v) is 12.2. The first-order valence-corrected chi connectivity index (χ1v) is 7.54. The van der Waals surface area contributed by atoms with E-state index < -0.39 is 16.6 Å². The van der Waals surface area contributed by atoms with E-state index in [2.05, 4.69) is 15.9 Å². The molecule has 0 fully saturated rings. The van der Waals surface area contributed by atoms with Crippen LogP contribution in [-0.2, 0) is 16.6 Å². The van der Waals surface area contributed by atoms with Gasteiger partial charge in [-0.15, -0.1) is 0 Å². The van der Waals surface area contributed by atoms with E-state index in [1.165, 1.54) is 18.2 Å². The van der Waals surface area contributed by atoms with E-state index in [9.17, 15) is 8.60 Å². The van der Waals surface area contributed by atoms with Gasteiger partial charge in [0, 0.05) is 10.0 Å². The highest BCUT2D eigenvalue weighted by molar-refractivity contribution is 9.10. The second-order valence-electron chi connectivity index (χ2n) is 3.84. The van der Waals surface area contributed by atoms with Gasteiger partial charge in [-0.2, -0.15) is 5.26 Å². The zero-order chi connectivity index (χ0) is 13.8. The molecular weight excluding hydrogens is 329 g/mol. The number of benzene rings is 2. The fourth-order valence-corrected chi connectivity index (χ4v) is 3.60. The van der Waals surface area contributed by atoms with Gasteiger partial charge < -0.3 is 0 Å². The van der Waals surface area contributed by atoms with Gasteiger partial charge in [-0.1, -0.05) is 12.1 Å². The van der Waals surface area contributed by atoms with E-state index in [4.69, 9.17) is 5.26 Å². The topological polar surface area (TPSA) is 40.9 Å². The lowest BCUT2D eigenvalue weighted by Crippen LogP contribution is -2.00. The lowest BCUT2D eigenvalue weighted by atomic mass is 10.1. The quantitative estimate of drug-likeness (QED) is 0.855. The summed E-state index contributed by atoms with van der Waals surface area (Å²) in [6.45, 7) is 0. The summed E-state index contributed by atoms with van der Waals surface area (Å²) in [7, 11) is -1.36. The molecule has 0 heterocycles. The van der Waals surface area contributed by atoms with E-state index in [-0.39, 0.29) is 11.3 Å². The van der Waals surface area contributed by atoms with Gasteiger partial charge in [-0.3, -0.25) is 4.21 Å². The second-order valence-corrected chi connectivity index (χ2v) is 6.11. The van der Waals surface area contributed by atoms with Crippen LogP contribution in [0.5, 0.6) is 0 Å². The van der Waals surface area contributed by atoms with Crippen LogP contribution in [-0.4, -0.2) is 4.21 Å². The first kappa shape index (κ1) is 13.9. The molecule has 0 aliphatic carbocycles. The number of hydrogen-bond donors (Lipinski definition) is 0. The van der Waals surface area contributed by atoms with Crippen molar-refractivity contribution in [1.82, 2.24) is 0 Å². The van der Waals surface area contributed by atoms with Crippen LogP contribution in [0.2, 0.25) is 0 Å².